The zero-order valence-electron chi connectivity index (χ0n) is 15.1. The SMILES string of the molecule is C[C@](CO)(CNC(=O)c1ccc(OCC2CC2)nc1)Cc1ccccc1. The maximum atomic E-state index is 12.4. The summed E-state index contributed by atoms with van der Waals surface area (Å²) in [4.78, 5) is 16.6. The number of hydrogen-bond acceptors (Lipinski definition) is 4. The van der Waals surface area contributed by atoms with Crippen LogP contribution in [0.5, 0.6) is 5.88 Å². The number of nitrogens with one attached hydrogen (secondary N) is 1. The second kappa shape index (κ2) is 8.32. The number of ether oxygens (including phenoxy) is 1. The van der Waals surface area contributed by atoms with Crippen LogP contribution in [-0.2, 0) is 6.42 Å². The van der Waals surface area contributed by atoms with Gasteiger partial charge < -0.3 is 15.2 Å². The molecule has 5 nitrogen and oxygen atoms in total. The number of nitrogens with zero attached hydrogens (tertiary/aromatic N) is 1. The van der Waals surface area contributed by atoms with Gasteiger partial charge in [0.1, 0.15) is 0 Å². The summed E-state index contributed by atoms with van der Waals surface area (Å²) in [6, 6.07) is 13.4. The summed E-state index contributed by atoms with van der Waals surface area (Å²) in [6.07, 6.45) is 4.68. The Labute approximate surface area is 154 Å². The summed E-state index contributed by atoms with van der Waals surface area (Å²) in [5.74, 6) is 1.03. The fourth-order valence-corrected chi connectivity index (χ4v) is 2.75. The molecule has 0 aliphatic heterocycles. The van der Waals surface area contributed by atoms with Gasteiger partial charge in [0, 0.05) is 24.2 Å². The standard InChI is InChI=1S/C21H26N2O3/c1-21(15-24,11-16-5-3-2-4-6-16)14-23-20(25)18-9-10-19(22-12-18)26-13-17-7-8-17/h2-6,9-10,12,17,24H,7-8,11,13-15H2,1H3,(H,23,25)/t21-/m1/s1. The van der Waals surface area contributed by atoms with Crippen LogP contribution in [0.2, 0.25) is 0 Å². The van der Waals surface area contributed by atoms with Gasteiger partial charge in [-0.2, -0.15) is 0 Å². The average molecular weight is 354 g/mol. The largest absolute Gasteiger partial charge is 0.477 e. The molecule has 26 heavy (non-hydrogen) atoms. The van der Waals surface area contributed by atoms with Crippen molar-refractivity contribution in [3.63, 3.8) is 0 Å². The summed E-state index contributed by atoms with van der Waals surface area (Å²) in [5, 5.41) is 12.7. The Morgan fingerprint density at radius 2 is 2.04 bits per heavy atom. The summed E-state index contributed by atoms with van der Waals surface area (Å²) in [6.45, 7) is 3.05. The fourth-order valence-electron chi connectivity index (χ4n) is 2.75. The monoisotopic (exact) mass is 354 g/mol. The number of rotatable bonds is 9. The maximum Gasteiger partial charge on any atom is 0.252 e. The van der Waals surface area contributed by atoms with Crippen molar-refractivity contribution in [3.05, 3.63) is 59.8 Å². The number of benzene rings is 1. The third kappa shape index (κ3) is 5.30. The minimum Gasteiger partial charge on any atom is -0.477 e. The summed E-state index contributed by atoms with van der Waals surface area (Å²) >= 11 is 0. The Morgan fingerprint density at radius 3 is 2.65 bits per heavy atom. The second-order valence-corrected chi connectivity index (χ2v) is 7.45. The number of carbonyl (C=O) groups is 1. The lowest BCUT2D eigenvalue weighted by molar-refractivity contribution is 0.0895. The third-order valence-corrected chi connectivity index (χ3v) is 4.69. The van der Waals surface area contributed by atoms with Gasteiger partial charge in [0.15, 0.2) is 0 Å². The van der Waals surface area contributed by atoms with Gasteiger partial charge in [0.05, 0.1) is 18.8 Å². The van der Waals surface area contributed by atoms with Crippen LogP contribution in [-0.4, -0.2) is 35.8 Å². The third-order valence-electron chi connectivity index (χ3n) is 4.69. The van der Waals surface area contributed by atoms with E-state index in [4.69, 9.17) is 4.74 Å². The first-order valence-corrected chi connectivity index (χ1v) is 9.10. The van der Waals surface area contributed by atoms with Crippen molar-refractivity contribution in [2.45, 2.75) is 26.2 Å². The number of amides is 1. The van der Waals surface area contributed by atoms with E-state index in [2.05, 4.69) is 10.3 Å². The van der Waals surface area contributed by atoms with Gasteiger partial charge in [-0.05, 0) is 36.8 Å². The molecule has 1 aliphatic rings. The summed E-state index contributed by atoms with van der Waals surface area (Å²) in [7, 11) is 0. The molecule has 1 aliphatic carbocycles. The smallest absolute Gasteiger partial charge is 0.252 e. The highest BCUT2D eigenvalue weighted by atomic mass is 16.5. The van der Waals surface area contributed by atoms with E-state index in [-0.39, 0.29) is 12.5 Å². The van der Waals surface area contributed by atoms with E-state index in [1.165, 1.54) is 19.0 Å². The molecule has 138 valence electrons. The minimum atomic E-state index is -0.419. The van der Waals surface area contributed by atoms with E-state index in [1.807, 2.05) is 37.3 Å². The van der Waals surface area contributed by atoms with Crippen LogP contribution in [0, 0.1) is 11.3 Å². The van der Waals surface area contributed by atoms with Crippen LogP contribution >= 0.6 is 0 Å². The Bertz CT molecular complexity index is 714. The predicted molar refractivity (Wildman–Crippen MR) is 100 cm³/mol. The average Bonchev–Trinajstić information content (AvgIpc) is 3.50. The van der Waals surface area contributed by atoms with Crippen LogP contribution in [0.3, 0.4) is 0 Å². The molecule has 1 saturated carbocycles. The molecule has 0 saturated heterocycles. The van der Waals surface area contributed by atoms with Crippen molar-refractivity contribution >= 4 is 5.91 Å². The number of pyridine rings is 1. The van der Waals surface area contributed by atoms with Crippen molar-refractivity contribution in [3.8, 4) is 5.88 Å². The molecule has 1 aromatic heterocycles. The van der Waals surface area contributed by atoms with Gasteiger partial charge in [-0.15, -0.1) is 0 Å². The lowest BCUT2D eigenvalue weighted by Crippen LogP contribution is -2.39. The Hall–Kier alpha value is -2.40. The number of aliphatic hydroxyl groups excluding tert-OH is 1. The highest BCUT2D eigenvalue weighted by molar-refractivity contribution is 5.93. The quantitative estimate of drug-likeness (QED) is 0.726. The van der Waals surface area contributed by atoms with Gasteiger partial charge in [0.2, 0.25) is 5.88 Å². The zero-order valence-corrected chi connectivity index (χ0v) is 15.1. The molecule has 1 fully saturated rings. The number of hydrogen-bond donors (Lipinski definition) is 2. The molecule has 3 rings (SSSR count). The van der Waals surface area contributed by atoms with E-state index < -0.39 is 5.41 Å². The molecule has 0 unspecified atom stereocenters. The fraction of sp³-hybridized carbons (Fsp3) is 0.429. The van der Waals surface area contributed by atoms with Gasteiger partial charge in [-0.3, -0.25) is 4.79 Å². The van der Waals surface area contributed by atoms with Crippen molar-refractivity contribution in [1.29, 1.82) is 0 Å². The predicted octanol–water partition coefficient (Wildman–Crippen LogP) is 2.84. The van der Waals surface area contributed by atoms with Crippen molar-refractivity contribution in [2.75, 3.05) is 19.8 Å². The molecule has 0 spiro atoms. The first-order valence-electron chi connectivity index (χ1n) is 9.10. The van der Waals surface area contributed by atoms with Crippen molar-refractivity contribution in [1.82, 2.24) is 10.3 Å². The van der Waals surface area contributed by atoms with Crippen LogP contribution in [0.25, 0.3) is 0 Å². The Kier molecular flexibility index (Phi) is 5.89. The Morgan fingerprint density at radius 1 is 1.27 bits per heavy atom. The molecule has 0 bridgehead atoms. The van der Waals surface area contributed by atoms with Gasteiger partial charge in [-0.1, -0.05) is 37.3 Å². The normalized spacial score (nSPS) is 15.9. The van der Waals surface area contributed by atoms with Crippen LogP contribution in [0.4, 0.5) is 0 Å². The number of carbonyl (C=O) groups excluding carboxylic acids is 1. The highest BCUT2D eigenvalue weighted by Gasteiger charge is 2.25. The van der Waals surface area contributed by atoms with Gasteiger partial charge in [-0.25, -0.2) is 4.98 Å². The first kappa shape index (κ1) is 18.4. The van der Waals surface area contributed by atoms with Crippen molar-refractivity contribution < 1.29 is 14.6 Å². The lowest BCUT2D eigenvalue weighted by atomic mass is 9.84. The van der Waals surface area contributed by atoms with E-state index in [0.717, 1.165) is 5.56 Å². The molecule has 2 N–H and O–H groups in total. The topological polar surface area (TPSA) is 71.5 Å². The molecule has 1 heterocycles. The summed E-state index contributed by atoms with van der Waals surface area (Å²) < 4.78 is 5.59. The molecule has 1 amide bonds. The number of aliphatic hydroxyl groups is 1. The molecule has 5 heteroatoms. The molecular formula is C21H26N2O3. The van der Waals surface area contributed by atoms with E-state index in [0.29, 0.717) is 36.9 Å². The lowest BCUT2D eigenvalue weighted by Gasteiger charge is -2.27. The van der Waals surface area contributed by atoms with Gasteiger partial charge in [0.25, 0.3) is 5.91 Å². The van der Waals surface area contributed by atoms with Crippen LogP contribution < -0.4 is 10.1 Å². The van der Waals surface area contributed by atoms with Crippen molar-refractivity contribution in [2.24, 2.45) is 11.3 Å². The molecule has 2 aromatic rings. The second-order valence-electron chi connectivity index (χ2n) is 7.45. The molecule has 0 radical (unpaired) electrons. The number of aromatic nitrogens is 1. The zero-order chi connectivity index (χ0) is 18.4. The molecular weight excluding hydrogens is 328 g/mol. The van der Waals surface area contributed by atoms with E-state index in [1.54, 1.807) is 12.1 Å². The van der Waals surface area contributed by atoms with Crippen LogP contribution in [0.15, 0.2) is 48.7 Å². The minimum absolute atomic E-state index is 0.00559. The maximum absolute atomic E-state index is 12.4. The summed E-state index contributed by atoms with van der Waals surface area (Å²) in [5.41, 5.74) is 1.21. The van der Waals surface area contributed by atoms with Gasteiger partial charge >= 0.3 is 0 Å². The van der Waals surface area contributed by atoms with Crippen LogP contribution in [0.1, 0.15) is 35.7 Å². The molecule has 1 aromatic carbocycles. The first-order chi connectivity index (χ1) is 12.6. The van der Waals surface area contributed by atoms with E-state index >= 15 is 0 Å². The highest BCUT2D eigenvalue weighted by Crippen LogP contribution is 2.29. The Balaban J connectivity index is 1.52. The van der Waals surface area contributed by atoms with E-state index in [9.17, 15) is 9.90 Å². The molecule has 1 atom stereocenters.